The molecule has 5 heteroatoms. The minimum absolute atomic E-state index is 0.212. The molecule has 0 radical (unpaired) electrons. The molecule has 1 aliphatic carbocycles. The second-order valence-corrected chi connectivity index (χ2v) is 4.20. The molecule has 0 aromatic rings. The maximum atomic E-state index is 11.3. The van der Waals surface area contributed by atoms with Crippen LogP contribution in [0.3, 0.4) is 0 Å². The van der Waals surface area contributed by atoms with Crippen LogP contribution in [-0.2, 0) is 19.2 Å². The first-order valence-corrected chi connectivity index (χ1v) is 4.21. The van der Waals surface area contributed by atoms with E-state index in [0.717, 1.165) is 0 Å². The third kappa shape index (κ3) is 1.85. The van der Waals surface area contributed by atoms with Gasteiger partial charge in [0.05, 0.1) is 11.2 Å². The number of carbonyl (C=O) groups is 1. The van der Waals surface area contributed by atoms with Crippen LogP contribution < -0.4 is 5.90 Å². The van der Waals surface area contributed by atoms with Crippen LogP contribution in [-0.4, -0.2) is 23.1 Å². The van der Waals surface area contributed by atoms with E-state index in [0.29, 0.717) is 0 Å². The summed E-state index contributed by atoms with van der Waals surface area (Å²) in [4.78, 5) is 25.8. The number of carbonyl (C=O) groups excluding carboxylic acids is 2. The third-order valence-corrected chi connectivity index (χ3v) is 1.83. The highest BCUT2D eigenvalue weighted by molar-refractivity contribution is 5.94. The van der Waals surface area contributed by atoms with Gasteiger partial charge in [0.25, 0.3) is 0 Å². The molecule has 1 atom stereocenters. The number of hydrogen-bond acceptors (Lipinski definition) is 5. The van der Waals surface area contributed by atoms with E-state index in [1.165, 1.54) is 0 Å². The summed E-state index contributed by atoms with van der Waals surface area (Å²) in [6.45, 7) is 5.33. The van der Waals surface area contributed by atoms with E-state index in [1.807, 2.05) is 0 Å². The summed E-state index contributed by atoms with van der Waals surface area (Å²) in [6.07, 6.45) is 0.212. The number of ether oxygens (including phenoxy) is 1. The minimum atomic E-state index is -1.28. The largest absolute Gasteiger partial charge is 0.371 e. The lowest BCUT2D eigenvalue weighted by atomic mass is 10.1. The lowest BCUT2D eigenvalue weighted by Crippen LogP contribution is -2.38. The Morgan fingerprint density at radius 3 is 2.43 bits per heavy atom. The molecule has 0 spiro atoms. The van der Waals surface area contributed by atoms with Crippen molar-refractivity contribution in [3.63, 3.8) is 0 Å². The molecule has 5 nitrogen and oxygen atoms in total. The van der Waals surface area contributed by atoms with Gasteiger partial charge in [0.1, 0.15) is 5.94 Å². The average Bonchev–Trinajstić information content (AvgIpc) is 2.75. The molecule has 1 unspecified atom stereocenters. The zero-order valence-corrected chi connectivity index (χ0v) is 8.42. The highest BCUT2D eigenvalue weighted by atomic mass is 16.7. The Labute approximate surface area is 81.8 Å². The van der Waals surface area contributed by atoms with Crippen molar-refractivity contribution < 1.29 is 19.2 Å². The summed E-state index contributed by atoms with van der Waals surface area (Å²) >= 11 is 0. The molecule has 0 aliphatic heterocycles. The second-order valence-electron chi connectivity index (χ2n) is 4.20. The fraction of sp³-hybridized carbons (Fsp3) is 0.667. The predicted octanol–water partition coefficient (Wildman–Crippen LogP) is 0.119. The first-order chi connectivity index (χ1) is 6.35. The maximum Gasteiger partial charge on any atom is 0.362 e. The van der Waals surface area contributed by atoms with Gasteiger partial charge < -0.3 is 9.57 Å². The first-order valence-electron chi connectivity index (χ1n) is 4.21. The van der Waals surface area contributed by atoms with E-state index in [4.69, 9.17) is 10.6 Å². The molecular weight excluding hydrogens is 186 g/mol. The van der Waals surface area contributed by atoms with Crippen molar-refractivity contribution in [3.05, 3.63) is 5.57 Å². The zero-order chi connectivity index (χ0) is 11.0. The quantitative estimate of drug-likeness (QED) is 0.504. The summed E-state index contributed by atoms with van der Waals surface area (Å²) in [7, 11) is 0. The van der Waals surface area contributed by atoms with Gasteiger partial charge in [-0.05, 0) is 20.8 Å². The fourth-order valence-corrected chi connectivity index (χ4v) is 1.28. The Balaban J connectivity index is 2.88. The summed E-state index contributed by atoms with van der Waals surface area (Å²) in [5, 5.41) is 0. The molecule has 0 heterocycles. The van der Waals surface area contributed by atoms with Crippen molar-refractivity contribution in [2.24, 2.45) is 5.90 Å². The Bertz CT molecular complexity index is 311. The van der Waals surface area contributed by atoms with E-state index < -0.39 is 17.2 Å². The van der Waals surface area contributed by atoms with E-state index in [2.05, 4.69) is 4.84 Å². The SMILES string of the molecule is CC(C)(C)OC1(C(=O)ON)CC1=C=O. The monoisotopic (exact) mass is 199 g/mol. The second kappa shape index (κ2) is 3.20. The van der Waals surface area contributed by atoms with Gasteiger partial charge in [-0.25, -0.2) is 9.59 Å². The zero-order valence-electron chi connectivity index (χ0n) is 8.42. The van der Waals surface area contributed by atoms with Gasteiger partial charge in [-0.15, -0.1) is 0 Å². The van der Waals surface area contributed by atoms with Crippen molar-refractivity contribution in [3.8, 4) is 0 Å². The molecule has 0 saturated heterocycles. The van der Waals surface area contributed by atoms with Gasteiger partial charge in [0, 0.05) is 6.42 Å². The summed E-state index contributed by atoms with van der Waals surface area (Å²) < 4.78 is 5.44. The molecule has 0 aromatic heterocycles. The van der Waals surface area contributed by atoms with Crippen molar-refractivity contribution in [2.75, 3.05) is 0 Å². The number of rotatable bonds is 2. The molecule has 1 rings (SSSR count). The predicted molar refractivity (Wildman–Crippen MR) is 47.7 cm³/mol. The molecule has 78 valence electrons. The molecule has 0 aromatic carbocycles. The van der Waals surface area contributed by atoms with E-state index in [1.54, 1.807) is 26.7 Å². The van der Waals surface area contributed by atoms with Gasteiger partial charge >= 0.3 is 5.97 Å². The van der Waals surface area contributed by atoms with Crippen LogP contribution in [0, 0.1) is 0 Å². The molecule has 1 saturated carbocycles. The molecule has 0 bridgehead atoms. The van der Waals surface area contributed by atoms with Gasteiger partial charge in [0.2, 0.25) is 5.60 Å². The Morgan fingerprint density at radius 2 is 2.14 bits per heavy atom. The van der Waals surface area contributed by atoms with Crippen LogP contribution in [0.25, 0.3) is 0 Å². The number of hydrogen-bond donors (Lipinski definition) is 1. The van der Waals surface area contributed by atoms with Crippen molar-refractivity contribution in [2.45, 2.75) is 38.4 Å². The maximum absolute atomic E-state index is 11.3. The number of nitrogens with two attached hydrogens (primary N) is 1. The van der Waals surface area contributed by atoms with Gasteiger partial charge in [-0.1, -0.05) is 0 Å². The molecular formula is C9H13NO4. The molecule has 2 N–H and O–H groups in total. The van der Waals surface area contributed by atoms with E-state index >= 15 is 0 Å². The van der Waals surface area contributed by atoms with Gasteiger partial charge in [-0.3, -0.25) is 0 Å². The summed E-state index contributed by atoms with van der Waals surface area (Å²) in [5.41, 5.74) is -1.58. The molecule has 1 aliphatic rings. The van der Waals surface area contributed by atoms with Crippen LogP contribution in [0.1, 0.15) is 27.2 Å². The van der Waals surface area contributed by atoms with Gasteiger partial charge in [-0.2, -0.15) is 5.90 Å². The first kappa shape index (κ1) is 10.9. The van der Waals surface area contributed by atoms with Crippen molar-refractivity contribution in [1.29, 1.82) is 0 Å². The smallest absolute Gasteiger partial charge is 0.362 e. The third-order valence-electron chi connectivity index (χ3n) is 1.83. The lowest BCUT2D eigenvalue weighted by Gasteiger charge is -2.24. The van der Waals surface area contributed by atoms with Crippen LogP contribution >= 0.6 is 0 Å². The van der Waals surface area contributed by atoms with Gasteiger partial charge in [0.15, 0.2) is 0 Å². The van der Waals surface area contributed by atoms with Crippen LogP contribution in [0.5, 0.6) is 0 Å². The Morgan fingerprint density at radius 1 is 1.57 bits per heavy atom. The standard InChI is InChI=1S/C9H13NO4/c1-8(2,3)14-9(7(12)13-10)4-6(9)5-11/h4,10H2,1-3H3. The molecule has 0 amide bonds. The highest BCUT2D eigenvalue weighted by Gasteiger charge is 2.62. The van der Waals surface area contributed by atoms with E-state index in [-0.39, 0.29) is 12.0 Å². The molecule has 14 heavy (non-hydrogen) atoms. The van der Waals surface area contributed by atoms with Crippen LogP contribution in [0.15, 0.2) is 5.57 Å². The lowest BCUT2D eigenvalue weighted by molar-refractivity contribution is -0.169. The minimum Gasteiger partial charge on any atom is -0.371 e. The summed E-state index contributed by atoms with van der Waals surface area (Å²) in [6, 6.07) is 0. The average molecular weight is 199 g/mol. The normalized spacial score (nSPS) is 25.6. The Hall–Kier alpha value is -1.16. The van der Waals surface area contributed by atoms with Crippen molar-refractivity contribution >= 4 is 11.9 Å². The van der Waals surface area contributed by atoms with Crippen molar-refractivity contribution in [1.82, 2.24) is 0 Å². The fourth-order valence-electron chi connectivity index (χ4n) is 1.28. The van der Waals surface area contributed by atoms with E-state index in [9.17, 15) is 9.59 Å². The molecule has 1 fully saturated rings. The Kier molecular flexibility index (Phi) is 2.50. The summed E-state index contributed by atoms with van der Waals surface area (Å²) in [5.74, 6) is 5.67. The highest BCUT2D eigenvalue weighted by Crippen LogP contribution is 2.47. The van der Waals surface area contributed by atoms with Crippen LogP contribution in [0.4, 0.5) is 0 Å². The van der Waals surface area contributed by atoms with Crippen LogP contribution in [0.2, 0.25) is 0 Å². The topological polar surface area (TPSA) is 78.6 Å².